The molecule has 0 fully saturated rings. The number of anilines is 1. The van der Waals surface area contributed by atoms with Crippen LogP contribution in [0.4, 0.5) is 17.1 Å². The number of hydrazine groups is 1. The summed E-state index contributed by atoms with van der Waals surface area (Å²) in [5.41, 5.74) is 2.66. The van der Waals surface area contributed by atoms with E-state index in [9.17, 15) is 34.6 Å². The van der Waals surface area contributed by atoms with Gasteiger partial charge in [-0.3, -0.25) is 40.7 Å². The van der Waals surface area contributed by atoms with E-state index < -0.39 is 38.9 Å². The Morgan fingerprint density at radius 1 is 1.09 bits per heavy atom. The SMILES string of the molecule is O=C(C=CC(=O)C(=O)O)NNc1ccc([N+](=O)[O-])cc1[N+](=O)[O-]. The Kier molecular flexibility index (Phi) is 5.43. The fourth-order valence-corrected chi connectivity index (χ4v) is 1.28. The van der Waals surface area contributed by atoms with Crippen LogP contribution in [0.15, 0.2) is 30.4 Å². The molecule has 0 aliphatic rings. The third-order valence-corrected chi connectivity index (χ3v) is 2.31. The van der Waals surface area contributed by atoms with Crippen LogP contribution in [0, 0.1) is 20.2 Å². The van der Waals surface area contributed by atoms with Gasteiger partial charge in [-0.2, -0.15) is 0 Å². The molecular weight excluding hydrogens is 316 g/mol. The number of nitro benzene ring substituents is 2. The number of amides is 1. The Balaban J connectivity index is 2.83. The van der Waals surface area contributed by atoms with Gasteiger partial charge in [-0.05, 0) is 12.1 Å². The van der Waals surface area contributed by atoms with Gasteiger partial charge in [0.2, 0.25) is 0 Å². The molecule has 120 valence electrons. The zero-order chi connectivity index (χ0) is 17.6. The summed E-state index contributed by atoms with van der Waals surface area (Å²) in [7, 11) is 0. The number of nitrogens with one attached hydrogen (secondary N) is 2. The molecule has 1 aromatic rings. The number of nitrogens with zero attached hydrogens (tertiary/aromatic N) is 2. The highest BCUT2D eigenvalue weighted by atomic mass is 16.6. The summed E-state index contributed by atoms with van der Waals surface area (Å²) in [5, 5.41) is 29.7. The van der Waals surface area contributed by atoms with E-state index in [1.165, 1.54) is 0 Å². The highest BCUT2D eigenvalue weighted by Gasteiger charge is 2.19. The van der Waals surface area contributed by atoms with E-state index in [-0.39, 0.29) is 5.69 Å². The van der Waals surface area contributed by atoms with Gasteiger partial charge >= 0.3 is 11.7 Å². The van der Waals surface area contributed by atoms with Crippen LogP contribution < -0.4 is 10.9 Å². The van der Waals surface area contributed by atoms with E-state index >= 15 is 0 Å². The van der Waals surface area contributed by atoms with Crippen LogP contribution in [0.2, 0.25) is 0 Å². The average Bonchev–Trinajstić information content (AvgIpc) is 2.49. The Morgan fingerprint density at radius 3 is 2.26 bits per heavy atom. The van der Waals surface area contributed by atoms with E-state index in [1.54, 1.807) is 0 Å². The Bertz CT molecular complexity index is 727. The second-order valence-electron chi connectivity index (χ2n) is 3.83. The number of rotatable bonds is 7. The maximum Gasteiger partial charge on any atom is 0.376 e. The molecular formula is C11H8N4O8. The van der Waals surface area contributed by atoms with Crippen LogP contribution in [-0.4, -0.2) is 32.6 Å². The van der Waals surface area contributed by atoms with Crippen LogP contribution >= 0.6 is 0 Å². The summed E-state index contributed by atoms with van der Waals surface area (Å²) in [6.45, 7) is 0. The molecule has 12 heteroatoms. The van der Waals surface area contributed by atoms with Gasteiger partial charge in [-0.15, -0.1) is 0 Å². The zero-order valence-corrected chi connectivity index (χ0v) is 11.1. The van der Waals surface area contributed by atoms with Gasteiger partial charge in [0, 0.05) is 12.1 Å². The fraction of sp³-hybridized carbons (Fsp3) is 0. The number of non-ortho nitro benzene ring substituents is 1. The summed E-state index contributed by atoms with van der Waals surface area (Å²) < 4.78 is 0. The molecule has 1 amide bonds. The number of carbonyl (C=O) groups excluding carboxylic acids is 2. The maximum absolute atomic E-state index is 11.3. The molecule has 1 aromatic carbocycles. The highest BCUT2D eigenvalue weighted by molar-refractivity contribution is 6.38. The summed E-state index contributed by atoms with van der Waals surface area (Å²) in [5.74, 6) is -4.05. The third-order valence-electron chi connectivity index (χ3n) is 2.31. The van der Waals surface area contributed by atoms with E-state index in [0.717, 1.165) is 12.1 Å². The first-order valence-electron chi connectivity index (χ1n) is 5.66. The predicted molar refractivity (Wildman–Crippen MR) is 73.3 cm³/mol. The van der Waals surface area contributed by atoms with Crippen molar-refractivity contribution in [1.29, 1.82) is 0 Å². The molecule has 0 aliphatic heterocycles. The van der Waals surface area contributed by atoms with Crippen molar-refractivity contribution in [2.45, 2.75) is 0 Å². The molecule has 0 radical (unpaired) electrons. The minimum absolute atomic E-state index is 0.244. The molecule has 0 heterocycles. The number of carbonyl (C=O) groups is 3. The van der Waals surface area contributed by atoms with Gasteiger partial charge in [-0.25, -0.2) is 4.79 Å². The van der Waals surface area contributed by atoms with Gasteiger partial charge in [-0.1, -0.05) is 0 Å². The van der Waals surface area contributed by atoms with Gasteiger partial charge < -0.3 is 5.11 Å². The first-order chi connectivity index (χ1) is 10.7. The van der Waals surface area contributed by atoms with Crippen molar-refractivity contribution in [1.82, 2.24) is 5.43 Å². The van der Waals surface area contributed by atoms with Crippen molar-refractivity contribution < 1.29 is 29.3 Å². The minimum atomic E-state index is -1.76. The average molecular weight is 324 g/mol. The summed E-state index contributed by atoms with van der Waals surface area (Å²) in [6, 6.07) is 2.67. The molecule has 0 aromatic heterocycles. The van der Waals surface area contributed by atoms with E-state index in [4.69, 9.17) is 5.11 Å². The zero-order valence-electron chi connectivity index (χ0n) is 11.1. The lowest BCUT2D eigenvalue weighted by molar-refractivity contribution is -0.393. The molecule has 3 N–H and O–H groups in total. The topological polar surface area (TPSA) is 182 Å². The molecule has 0 aliphatic carbocycles. The van der Waals surface area contributed by atoms with Crippen molar-refractivity contribution in [2.24, 2.45) is 0 Å². The second-order valence-corrected chi connectivity index (χ2v) is 3.83. The van der Waals surface area contributed by atoms with Gasteiger partial charge in [0.1, 0.15) is 5.69 Å². The van der Waals surface area contributed by atoms with Crippen molar-refractivity contribution in [3.8, 4) is 0 Å². The molecule has 0 atom stereocenters. The maximum atomic E-state index is 11.3. The number of carboxylic acids is 1. The van der Waals surface area contributed by atoms with Crippen LogP contribution in [0.3, 0.4) is 0 Å². The number of benzene rings is 1. The largest absolute Gasteiger partial charge is 0.475 e. The molecule has 0 bridgehead atoms. The molecule has 0 spiro atoms. The number of nitro groups is 2. The number of ketones is 1. The van der Waals surface area contributed by atoms with Crippen molar-refractivity contribution in [3.05, 3.63) is 50.6 Å². The van der Waals surface area contributed by atoms with Crippen LogP contribution in [0.25, 0.3) is 0 Å². The fourth-order valence-electron chi connectivity index (χ4n) is 1.28. The normalized spacial score (nSPS) is 10.1. The first-order valence-corrected chi connectivity index (χ1v) is 5.66. The van der Waals surface area contributed by atoms with E-state index in [1.807, 2.05) is 5.43 Å². The lowest BCUT2D eigenvalue weighted by Crippen LogP contribution is -2.28. The Morgan fingerprint density at radius 2 is 1.74 bits per heavy atom. The lowest BCUT2D eigenvalue weighted by atomic mass is 10.2. The van der Waals surface area contributed by atoms with Gasteiger partial charge in [0.15, 0.2) is 0 Å². The molecule has 0 unspecified atom stereocenters. The molecule has 0 saturated carbocycles. The first kappa shape index (κ1) is 17.2. The van der Waals surface area contributed by atoms with Crippen LogP contribution in [-0.2, 0) is 14.4 Å². The monoisotopic (exact) mass is 324 g/mol. The Labute approximate surface area is 126 Å². The number of hydrogen-bond donors (Lipinski definition) is 3. The smallest absolute Gasteiger partial charge is 0.376 e. The summed E-state index contributed by atoms with van der Waals surface area (Å²) in [4.78, 5) is 51.9. The standard InChI is InChI=1S/C11H8N4O8/c16-9(11(18)19)3-4-10(17)13-12-7-2-1-6(14(20)21)5-8(7)15(22)23/h1-5,12H,(H,13,17)(H,18,19). The van der Waals surface area contributed by atoms with Gasteiger partial charge in [0.05, 0.1) is 15.9 Å². The third kappa shape index (κ3) is 4.89. The summed E-state index contributed by atoms with van der Waals surface area (Å²) >= 11 is 0. The predicted octanol–water partition coefficient (Wildman–Crippen LogP) is 0.156. The quantitative estimate of drug-likeness (QED) is 0.272. The minimum Gasteiger partial charge on any atom is -0.475 e. The Hall–Kier alpha value is -3.83. The number of aliphatic carboxylic acids is 1. The van der Waals surface area contributed by atoms with Crippen molar-refractivity contribution in [3.63, 3.8) is 0 Å². The van der Waals surface area contributed by atoms with Crippen LogP contribution in [0.5, 0.6) is 0 Å². The molecule has 0 saturated heterocycles. The summed E-state index contributed by atoms with van der Waals surface area (Å²) in [6.07, 6.45) is 1.09. The van der Waals surface area contributed by atoms with Crippen molar-refractivity contribution >= 4 is 34.7 Å². The molecule has 1 rings (SSSR count). The van der Waals surface area contributed by atoms with Crippen molar-refractivity contribution in [2.75, 3.05) is 5.43 Å². The van der Waals surface area contributed by atoms with E-state index in [2.05, 4.69) is 5.43 Å². The van der Waals surface area contributed by atoms with Crippen LogP contribution in [0.1, 0.15) is 0 Å². The number of hydrogen-bond acceptors (Lipinski definition) is 8. The molecule has 23 heavy (non-hydrogen) atoms. The number of carboxylic acid groups (broad SMARTS) is 1. The molecule has 12 nitrogen and oxygen atoms in total. The van der Waals surface area contributed by atoms with E-state index in [0.29, 0.717) is 18.2 Å². The van der Waals surface area contributed by atoms with Gasteiger partial charge in [0.25, 0.3) is 17.4 Å². The lowest BCUT2D eigenvalue weighted by Gasteiger charge is -2.06. The second kappa shape index (κ2) is 7.26. The highest BCUT2D eigenvalue weighted by Crippen LogP contribution is 2.28.